The van der Waals surface area contributed by atoms with Gasteiger partial charge >= 0.3 is 0 Å². The third-order valence-corrected chi connectivity index (χ3v) is 7.04. The van der Waals surface area contributed by atoms with Crippen molar-refractivity contribution in [2.24, 2.45) is 0 Å². The number of hydrogen-bond acceptors (Lipinski definition) is 6. The Labute approximate surface area is 193 Å². The van der Waals surface area contributed by atoms with E-state index in [0.29, 0.717) is 19.7 Å². The number of aromatic nitrogens is 2. The number of carbonyl (C=O) groups excluding carboxylic acids is 2. The fourth-order valence-electron chi connectivity index (χ4n) is 4.34. The second-order valence-electron chi connectivity index (χ2n) is 8.34. The molecule has 8 heteroatoms. The standard InChI is InChI=1S/C24H30N4O3S/c29-23-16-27(24(30)18-32-22-9-12-25-13-10-22)14-21(31-17-19-6-4-5-11-26-19)15-28(23)20-7-2-1-3-8-20/h4-6,9-13,20-21H,1-3,7-8,14-18H2. The number of carbonyl (C=O) groups is 2. The summed E-state index contributed by atoms with van der Waals surface area (Å²) >= 11 is 1.46. The highest BCUT2D eigenvalue weighted by Gasteiger charge is 2.34. The molecule has 2 amide bonds. The fraction of sp³-hybridized carbons (Fsp3) is 0.500. The van der Waals surface area contributed by atoms with Crippen molar-refractivity contribution in [2.75, 3.05) is 25.4 Å². The van der Waals surface area contributed by atoms with Crippen molar-refractivity contribution < 1.29 is 14.3 Å². The van der Waals surface area contributed by atoms with Gasteiger partial charge in [0, 0.05) is 42.6 Å². The molecule has 32 heavy (non-hydrogen) atoms. The number of ether oxygens (including phenoxy) is 1. The molecule has 2 aliphatic rings. The van der Waals surface area contributed by atoms with Gasteiger partial charge in [-0.3, -0.25) is 19.6 Å². The van der Waals surface area contributed by atoms with Gasteiger partial charge in [-0.25, -0.2) is 0 Å². The smallest absolute Gasteiger partial charge is 0.242 e. The van der Waals surface area contributed by atoms with Crippen LogP contribution in [0.5, 0.6) is 0 Å². The number of amides is 2. The van der Waals surface area contributed by atoms with Gasteiger partial charge in [-0.1, -0.05) is 25.3 Å². The molecular weight excluding hydrogens is 424 g/mol. The summed E-state index contributed by atoms with van der Waals surface area (Å²) in [6, 6.07) is 9.75. The molecule has 1 atom stereocenters. The van der Waals surface area contributed by atoms with E-state index in [4.69, 9.17) is 4.74 Å². The van der Waals surface area contributed by atoms with E-state index in [1.54, 1.807) is 23.5 Å². The van der Waals surface area contributed by atoms with E-state index < -0.39 is 0 Å². The molecule has 1 saturated heterocycles. The van der Waals surface area contributed by atoms with Crippen LogP contribution in [0.15, 0.2) is 53.8 Å². The zero-order valence-corrected chi connectivity index (χ0v) is 19.1. The van der Waals surface area contributed by atoms with Gasteiger partial charge in [-0.15, -0.1) is 11.8 Å². The molecule has 0 aromatic carbocycles. The van der Waals surface area contributed by atoms with E-state index in [2.05, 4.69) is 9.97 Å². The predicted octanol–water partition coefficient (Wildman–Crippen LogP) is 3.16. The summed E-state index contributed by atoms with van der Waals surface area (Å²) in [4.78, 5) is 39.2. The van der Waals surface area contributed by atoms with Crippen LogP contribution >= 0.6 is 11.8 Å². The molecule has 0 bridgehead atoms. The molecule has 1 aliphatic heterocycles. The van der Waals surface area contributed by atoms with E-state index in [1.165, 1.54) is 18.2 Å². The summed E-state index contributed by atoms with van der Waals surface area (Å²) in [5, 5.41) is 0. The van der Waals surface area contributed by atoms with Crippen LogP contribution in [0.3, 0.4) is 0 Å². The monoisotopic (exact) mass is 454 g/mol. The van der Waals surface area contributed by atoms with E-state index in [1.807, 2.05) is 35.2 Å². The molecule has 0 N–H and O–H groups in total. The molecular formula is C24H30N4O3S. The summed E-state index contributed by atoms with van der Waals surface area (Å²) in [5.74, 6) is 0.272. The summed E-state index contributed by atoms with van der Waals surface area (Å²) in [6.45, 7) is 1.43. The van der Waals surface area contributed by atoms with Gasteiger partial charge in [-0.05, 0) is 37.1 Å². The van der Waals surface area contributed by atoms with Crippen molar-refractivity contribution in [2.45, 2.75) is 55.8 Å². The third-order valence-electron chi connectivity index (χ3n) is 6.04. The first-order valence-electron chi connectivity index (χ1n) is 11.3. The van der Waals surface area contributed by atoms with Crippen molar-refractivity contribution in [3.05, 3.63) is 54.6 Å². The van der Waals surface area contributed by atoms with Gasteiger partial charge in [0.05, 0.1) is 30.7 Å². The van der Waals surface area contributed by atoms with Crippen LogP contribution in [0.1, 0.15) is 37.8 Å². The Hall–Kier alpha value is -2.45. The lowest BCUT2D eigenvalue weighted by atomic mass is 9.94. The van der Waals surface area contributed by atoms with Crippen molar-refractivity contribution in [1.82, 2.24) is 19.8 Å². The maximum Gasteiger partial charge on any atom is 0.242 e. The molecule has 3 heterocycles. The average molecular weight is 455 g/mol. The minimum absolute atomic E-state index is 0.0306. The third kappa shape index (κ3) is 6.29. The Balaban J connectivity index is 1.44. The first-order chi connectivity index (χ1) is 15.7. The first-order valence-corrected chi connectivity index (χ1v) is 12.3. The molecule has 7 nitrogen and oxygen atoms in total. The average Bonchev–Trinajstić information content (AvgIpc) is 3.02. The van der Waals surface area contributed by atoms with Gasteiger partial charge in [0.2, 0.25) is 11.8 Å². The molecule has 2 fully saturated rings. The van der Waals surface area contributed by atoms with E-state index in [0.717, 1.165) is 36.3 Å². The van der Waals surface area contributed by atoms with Gasteiger partial charge in [0.15, 0.2) is 0 Å². The van der Waals surface area contributed by atoms with Gasteiger partial charge < -0.3 is 14.5 Å². The highest BCUT2D eigenvalue weighted by molar-refractivity contribution is 8.00. The highest BCUT2D eigenvalue weighted by Crippen LogP contribution is 2.25. The van der Waals surface area contributed by atoms with E-state index >= 15 is 0 Å². The number of pyridine rings is 2. The summed E-state index contributed by atoms with van der Waals surface area (Å²) in [6.07, 6.45) is 10.5. The summed E-state index contributed by atoms with van der Waals surface area (Å²) < 4.78 is 6.20. The van der Waals surface area contributed by atoms with E-state index in [-0.39, 0.29) is 36.3 Å². The Morgan fingerprint density at radius 2 is 1.88 bits per heavy atom. The quantitative estimate of drug-likeness (QED) is 0.599. The number of nitrogens with zero attached hydrogens (tertiary/aromatic N) is 4. The Morgan fingerprint density at radius 3 is 2.62 bits per heavy atom. The minimum Gasteiger partial charge on any atom is -0.368 e. The van der Waals surface area contributed by atoms with Crippen LogP contribution in [-0.4, -0.2) is 69.1 Å². The zero-order chi connectivity index (χ0) is 22.2. The maximum absolute atomic E-state index is 13.2. The topological polar surface area (TPSA) is 75.6 Å². The van der Waals surface area contributed by atoms with Gasteiger partial charge in [-0.2, -0.15) is 0 Å². The van der Waals surface area contributed by atoms with Crippen LogP contribution in [-0.2, 0) is 20.9 Å². The molecule has 2 aromatic heterocycles. The zero-order valence-electron chi connectivity index (χ0n) is 18.3. The maximum atomic E-state index is 13.2. The lowest BCUT2D eigenvalue weighted by molar-refractivity contribution is -0.139. The minimum atomic E-state index is -0.236. The Kier molecular flexibility index (Phi) is 8.12. The largest absolute Gasteiger partial charge is 0.368 e. The fourth-order valence-corrected chi connectivity index (χ4v) is 5.13. The van der Waals surface area contributed by atoms with Crippen LogP contribution < -0.4 is 0 Å². The predicted molar refractivity (Wildman–Crippen MR) is 123 cm³/mol. The second-order valence-corrected chi connectivity index (χ2v) is 9.39. The molecule has 0 radical (unpaired) electrons. The van der Waals surface area contributed by atoms with Crippen LogP contribution in [0.25, 0.3) is 0 Å². The van der Waals surface area contributed by atoms with Crippen LogP contribution in [0.4, 0.5) is 0 Å². The molecule has 170 valence electrons. The second kappa shape index (κ2) is 11.4. The van der Waals surface area contributed by atoms with Gasteiger partial charge in [0.1, 0.15) is 0 Å². The number of hydrogen-bond donors (Lipinski definition) is 0. The lowest BCUT2D eigenvalue weighted by Gasteiger charge is -2.34. The van der Waals surface area contributed by atoms with Crippen molar-refractivity contribution >= 4 is 23.6 Å². The normalized spacial score (nSPS) is 20.2. The van der Waals surface area contributed by atoms with Crippen molar-refractivity contribution in [3.8, 4) is 0 Å². The molecule has 1 aliphatic carbocycles. The molecule has 1 saturated carbocycles. The number of thioether (sulfide) groups is 1. The van der Waals surface area contributed by atoms with Crippen molar-refractivity contribution in [3.63, 3.8) is 0 Å². The highest BCUT2D eigenvalue weighted by atomic mass is 32.2. The van der Waals surface area contributed by atoms with E-state index in [9.17, 15) is 9.59 Å². The first kappa shape index (κ1) is 22.7. The molecule has 4 rings (SSSR count). The summed E-state index contributed by atoms with van der Waals surface area (Å²) in [5.41, 5.74) is 0.846. The molecule has 0 spiro atoms. The number of rotatable bonds is 7. The molecule has 1 unspecified atom stereocenters. The van der Waals surface area contributed by atoms with Crippen LogP contribution in [0.2, 0.25) is 0 Å². The van der Waals surface area contributed by atoms with Gasteiger partial charge in [0.25, 0.3) is 0 Å². The Morgan fingerprint density at radius 1 is 1.06 bits per heavy atom. The lowest BCUT2D eigenvalue weighted by Crippen LogP contribution is -2.46. The summed E-state index contributed by atoms with van der Waals surface area (Å²) in [7, 11) is 0. The van der Waals surface area contributed by atoms with Crippen molar-refractivity contribution in [1.29, 1.82) is 0 Å². The molecule has 2 aromatic rings. The Bertz CT molecular complexity index is 877. The SMILES string of the molecule is O=C(CSc1ccncc1)N1CC(=O)N(C2CCCCC2)CC(OCc2ccccn2)C1. The van der Waals surface area contributed by atoms with Crippen LogP contribution in [0, 0.1) is 0 Å².